The van der Waals surface area contributed by atoms with Crippen molar-refractivity contribution in [2.75, 3.05) is 20.6 Å². The molecule has 3 rings (SSSR count). The van der Waals surface area contributed by atoms with Gasteiger partial charge in [-0.1, -0.05) is 35.9 Å². The van der Waals surface area contributed by atoms with Gasteiger partial charge < -0.3 is 15.2 Å². The molecule has 0 atom stereocenters. The topological polar surface area (TPSA) is 48.1 Å². The third-order valence-electron chi connectivity index (χ3n) is 4.63. The number of fused-ring (bicyclic) bond motifs is 1. The molecule has 2 N–H and O–H groups in total. The number of hydrogen-bond acceptors (Lipinski definition) is 2. The molecular weight excluding hydrogens is 334 g/mol. The zero-order valence-electron chi connectivity index (χ0n) is 16.3. The minimum Gasteiger partial charge on any atom is -0.361 e. The summed E-state index contributed by atoms with van der Waals surface area (Å²) < 4.78 is 0. The molecule has 27 heavy (non-hydrogen) atoms. The molecule has 0 spiro atoms. The fourth-order valence-corrected chi connectivity index (χ4v) is 2.98. The van der Waals surface area contributed by atoms with E-state index in [1.54, 1.807) is 6.08 Å². The van der Waals surface area contributed by atoms with Crippen LogP contribution in [0, 0.1) is 6.92 Å². The van der Waals surface area contributed by atoms with Gasteiger partial charge >= 0.3 is 0 Å². The predicted octanol–water partition coefficient (Wildman–Crippen LogP) is 3.91. The summed E-state index contributed by atoms with van der Waals surface area (Å²) in [6.07, 6.45) is 6.54. The zero-order valence-corrected chi connectivity index (χ0v) is 16.3. The number of benzene rings is 2. The molecule has 0 fully saturated rings. The summed E-state index contributed by atoms with van der Waals surface area (Å²) in [6.45, 7) is 3.60. The minimum atomic E-state index is -0.0856. The van der Waals surface area contributed by atoms with E-state index in [4.69, 9.17) is 0 Å². The molecule has 4 heteroatoms. The highest BCUT2D eigenvalue weighted by Crippen LogP contribution is 2.21. The second-order valence-electron chi connectivity index (χ2n) is 7.21. The number of nitrogens with zero attached hydrogens (tertiary/aromatic N) is 1. The Labute approximate surface area is 160 Å². The van der Waals surface area contributed by atoms with Crippen LogP contribution >= 0.6 is 0 Å². The Morgan fingerprint density at radius 1 is 1.15 bits per heavy atom. The van der Waals surface area contributed by atoms with E-state index in [9.17, 15) is 4.79 Å². The van der Waals surface area contributed by atoms with Crippen LogP contribution in [0.5, 0.6) is 0 Å². The monoisotopic (exact) mass is 361 g/mol. The number of aromatic nitrogens is 1. The molecule has 1 aromatic heterocycles. The molecule has 3 aromatic rings. The van der Waals surface area contributed by atoms with Crippen molar-refractivity contribution in [2.24, 2.45) is 0 Å². The molecule has 0 bridgehead atoms. The third-order valence-corrected chi connectivity index (χ3v) is 4.63. The van der Waals surface area contributed by atoms with Gasteiger partial charge in [0.05, 0.1) is 0 Å². The van der Waals surface area contributed by atoms with Gasteiger partial charge in [0.25, 0.3) is 0 Å². The van der Waals surface area contributed by atoms with Crippen LogP contribution < -0.4 is 5.32 Å². The lowest BCUT2D eigenvalue weighted by Crippen LogP contribution is -2.20. The highest BCUT2D eigenvalue weighted by Gasteiger charge is 2.05. The Balaban J connectivity index is 1.63. The molecule has 0 saturated carbocycles. The molecule has 1 amide bonds. The Hall–Kier alpha value is -2.85. The van der Waals surface area contributed by atoms with Gasteiger partial charge in [0.1, 0.15) is 0 Å². The van der Waals surface area contributed by atoms with E-state index in [1.807, 2.05) is 24.3 Å². The van der Waals surface area contributed by atoms with Gasteiger partial charge in [-0.25, -0.2) is 0 Å². The van der Waals surface area contributed by atoms with E-state index < -0.39 is 0 Å². The second-order valence-corrected chi connectivity index (χ2v) is 7.21. The van der Waals surface area contributed by atoms with Gasteiger partial charge in [0.2, 0.25) is 5.91 Å². The van der Waals surface area contributed by atoms with Crippen LogP contribution in [0.1, 0.15) is 22.3 Å². The summed E-state index contributed by atoms with van der Waals surface area (Å²) in [5.74, 6) is -0.0856. The first kappa shape index (κ1) is 18.9. The van der Waals surface area contributed by atoms with Crippen LogP contribution in [-0.4, -0.2) is 36.4 Å². The Morgan fingerprint density at radius 2 is 1.93 bits per heavy atom. The fraction of sp³-hybridized carbons (Fsp3) is 0.261. The van der Waals surface area contributed by atoms with Gasteiger partial charge in [0.15, 0.2) is 0 Å². The van der Waals surface area contributed by atoms with Gasteiger partial charge in [-0.2, -0.15) is 0 Å². The number of aryl methyl sites for hydroxylation is 1. The number of amides is 1. The van der Waals surface area contributed by atoms with Gasteiger partial charge in [-0.15, -0.1) is 0 Å². The van der Waals surface area contributed by atoms with Crippen LogP contribution in [0.2, 0.25) is 0 Å². The van der Waals surface area contributed by atoms with E-state index in [-0.39, 0.29) is 5.91 Å². The zero-order chi connectivity index (χ0) is 19.2. The first-order valence-corrected chi connectivity index (χ1v) is 9.27. The smallest absolute Gasteiger partial charge is 0.244 e. The number of aromatic amines is 1. The molecule has 4 nitrogen and oxygen atoms in total. The summed E-state index contributed by atoms with van der Waals surface area (Å²) in [4.78, 5) is 17.6. The van der Waals surface area contributed by atoms with Gasteiger partial charge in [0, 0.05) is 36.3 Å². The van der Waals surface area contributed by atoms with Crippen LogP contribution in [0.3, 0.4) is 0 Å². The van der Waals surface area contributed by atoms with Gasteiger partial charge in [-0.05, 0) is 62.3 Å². The van der Waals surface area contributed by atoms with E-state index in [0.717, 1.165) is 29.6 Å². The normalized spacial score (nSPS) is 11.6. The standard InChI is InChI=1S/C23H27N3O/c1-17-4-6-19(7-5-17)15-25-23(27)11-9-18-8-10-22-21(14-18)20(16-24-22)12-13-26(2)3/h4-11,14,16,24H,12-13,15H2,1-3H3,(H,25,27)/b11-9+. The van der Waals surface area contributed by atoms with E-state index >= 15 is 0 Å². The average molecular weight is 361 g/mol. The number of likely N-dealkylation sites (N-methyl/N-ethyl adjacent to an activating group) is 1. The summed E-state index contributed by atoms with van der Waals surface area (Å²) in [6, 6.07) is 14.4. The van der Waals surface area contributed by atoms with Crippen molar-refractivity contribution in [1.29, 1.82) is 0 Å². The number of carbonyl (C=O) groups is 1. The fourth-order valence-electron chi connectivity index (χ4n) is 2.98. The first-order valence-electron chi connectivity index (χ1n) is 9.27. The SMILES string of the molecule is Cc1ccc(CNC(=O)/C=C/c2ccc3[nH]cc(CCN(C)C)c3c2)cc1. The number of H-pyrrole nitrogens is 1. The molecule has 140 valence electrons. The lowest BCUT2D eigenvalue weighted by Gasteiger charge is -2.08. The van der Waals surface area contributed by atoms with E-state index in [0.29, 0.717) is 6.54 Å². The maximum Gasteiger partial charge on any atom is 0.244 e. The van der Waals surface area contributed by atoms with Crippen molar-refractivity contribution in [3.05, 3.63) is 77.0 Å². The van der Waals surface area contributed by atoms with E-state index in [2.05, 4.69) is 66.7 Å². The largest absolute Gasteiger partial charge is 0.361 e. The molecule has 1 heterocycles. The third kappa shape index (κ3) is 5.31. The van der Waals surface area contributed by atoms with Gasteiger partial charge in [-0.3, -0.25) is 4.79 Å². The van der Waals surface area contributed by atoms with Crippen molar-refractivity contribution in [1.82, 2.24) is 15.2 Å². The second kappa shape index (κ2) is 8.69. The molecular formula is C23H27N3O. The Bertz CT molecular complexity index is 936. The summed E-state index contributed by atoms with van der Waals surface area (Å²) in [7, 11) is 4.16. The quantitative estimate of drug-likeness (QED) is 0.627. The van der Waals surface area contributed by atoms with Crippen LogP contribution in [-0.2, 0) is 17.8 Å². The van der Waals surface area contributed by atoms with Crippen molar-refractivity contribution in [3.8, 4) is 0 Å². The summed E-state index contributed by atoms with van der Waals surface area (Å²) in [5.41, 5.74) is 5.78. The molecule has 2 aromatic carbocycles. The number of rotatable bonds is 7. The Morgan fingerprint density at radius 3 is 2.67 bits per heavy atom. The minimum absolute atomic E-state index is 0.0856. The number of nitrogens with one attached hydrogen (secondary N) is 2. The lowest BCUT2D eigenvalue weighted by atomic mass is 10.1. The molecule has 0 aliphatic heterocycles. The lowest BCUT2D eigenvalue weighted by molar-refractivity contribution is -0.116. The number of carbonyl (C=O) groups excluding carboxylic acids is 1. The highest BCUT2D eigenvalue weighted by atomic mass is 16.1. The molecule has 0 saturated heterocycles. The van der Waals surface area contributed by atoms with Crippen LogP contribution in [0.4, 0.5) is 0 Å². The Kier molecular flexibility index (Phi) is 6.09. The predicted molar refractivity (Wildman–Crippen MR) is 113 cm³/mol. The number of hydrogen-bond donors (Lipinski definition) is 2. The molecule has 0 aliphatic rings. The summed E-state index contributed by atoms with van der Waals surface area (Å²) >= 11 is 0. The first-order chi connectivity index (χ1) is 13.0. The van der Waals surface area contributed by atoms with E-state index in [1.165, 1.54) is 16.5 Å². The average Bonchev–Trinajstić information content (AvgIpc) is 3.06. The van der Waals surface area contributed by atoms with Crippen molar-refractivity contribution in [2.45, 2.75) is 19.9 Å². The van der Waals surface area contributed by atoms with Crippen LogP contribution in [0.25, 0.3) is 17.0 Å². The van der Waals surface area contributed by atoms with Crippen molar-refractivity contribution in [3.63, 3.8) is 0 Å². The van der Waals surface area contributed by atoms with Crippen molar-refractivity contribution < 1.29 is 4.79 Å². The maximum absolute atomic E-state index is 12.1. The van der Waals surface area contributed by atoms with Crippen molar-refractivity contribution >= 4 is 22.9 Å². The molecule has 0 radical (unpaired) electrons. The van der Waals surface area contributed by atoms with Crippen LogP contribution in [0.15, 0.2) is 54.7 Å². The molecule has 0 unspecified atom stereocenters. The highest BCUT2D eigenvalue weighted by molar-refractivity contribution is 5.93. The summed E-state index contributed by atoms with van der Waals surface area (Å²) in [5, 5.41) is 4.15. The molecule has 0 aliphatic carbocycles. The maximum atomic E-state index is 12.1.